The van der Waals surface area contributed by atoms with Crippen molar-refractivity contribution in [2.24, 2.45) is 0 Å². The quantitative estimate of drug-likeness (QED) is 0.742. The zero-order chi connectivity index (χ0) is 15.2. The highest BCUT2D eigenvalue weighted by Gasteiger charge is 2.30. The molecule has 112 valence electrons. The monoisotopic (exact) mass is 272 g/mol. The smallest absolute Gasteiger partial charge is 0.304 e. The van der Waals surface area contributed by atoms with Crippen LogP contribution in [-0.2, 0) is 9.59 Å². The van der Waals surface area contributed by atoms with E-state index in [-0.39, 0.29) is 30.0 Å². The van der Waals surface area contributed by atoms with E-state index in [1.165, 1.54) is 0 Å². The lowest BCUT2D eigenvalue weighted by molar-refractivity contribution is -0.139. The second kappa shape index (κ2) is 7.48. The van der Waals surface area contributed by atoms with E-state index in [2.05, 4.69) is 5.32 Å². The van der Waals surface area contributed by atoms with Crippen molar-refractivity contribution in [3.8, 4) is 0 Å². The zero-order valence-electron chi connectivity index (χ0n) is 13.0. The molecule has 5 nitrogen and oxygen atoms in total. The first kappa shape index (κ1) is 17.9. The van der Waals surface area contributed by atoms with Gasteiger partial charge in [-0.05, 0) is 41.0 Å². The number of nitrogens with one attached hydrogen (secondary N) is 1. The van der Waals surface area contributed by atoms with Gasteiger partial charge in [-0.2, -0.15) is 0 Å². The van der Waals surface area contributed by atoms with Crippen molar-refractivity contribution in [2.75, 3.05) is 6.54 Å². The maximum absolute atomic E-state index is 12.1. The average Bonchev–Trinajstić information content (AvgIpc) is 2.26. The van der Waals surface area contributed by atoms with E-state index in [1.807, 2.05) is 46.4 Å². The topological polar surface area (TPSA) is 69.6 Å². The van der Waals surface area contributed by atoms with Gasteiger partial charge in [-0.1, -0.05) is 6.92 Å². The minimum absolute atomic E-state index is 0.0399. The van der Waals surface area contributed by atoms with Gasteiger partial charge in [-0.15, -0.1) is 0 Å². The summed E-state index contributed by atoms with van der Waals surface area (Å²) in [6.45, 7) is 12.1. The summed E-state index contributed by atoms with van der Waals surface area (Å²) in [6, 6.07) is -0.204. The Hall–Kier alpha value is -1.10. The molecule has 0 saturated carbocycles. The van der Waals surface area contributed by atoms with Gasteiger partial charge in [0.2, 0.25) is 5.91 Å². The SMILES string of the molecule is CCC(C)NC(=O)C(C)N(CCC(=O)O)C(C)(C)C. The summed E-state index contributed by atoms with van der Waals surface area (Å²) in [7, 11) is 0. The molecule has 0 aliphatic rings. The van der Waals surface area contributed by atoms with E-state index in [4.69, 9.17) is 5.11 Å². The predicted molar refractivity (Wildman–Crippen MR) is 76.1 cm³/mol. The van der Waals surface area contributed by atoms with Gasteiger partial charge in [-0.25, -0.2) is 0 Å². The van der Waals surface area contributed by atoms with Crippen molar-refractivity contribution in [1.82, 2.24) is 10.2 Å². The number of rotatable bonds is 7. The van der Waals surface area contributed by atoms with Crippen molar-refractivity contribution in [1.29, 1.82) is 0 Å². The number of carbonyl (C=O) groups is 2. The molecule has 0 fully saturated rings. The molecule has 0 bridgehead atoms. The van der Waals surface area contributed by atoms with E-state index in [9.17, 15) is 9.59 Å². The summed E-state index contributed by atoms with van der Waals surface area (Å²) in [5.41, 5.74) is -0.248. The fourth-order valence-corrected chi connectivity index (χ4v) is 1.93. The summed E-state index contributed by atoms with van der Waals surface area (Å²) in [5, 5.41) is 11.7. The van der Waals surface area contributed by atoms with E-state index < -0.39 is 5.97 Å². The van der Waals surface area contributed by atoms with Crippen molar-refractivity contribution < 1.29 is 14.7 Å². The molecular weight excluding hydrogens is 244 g/mol. The Morgan fingerprint density at radius 1 is 1.26 bits per heavy atom. The van der Waals surface area contributed by atoms with E-state index in [1.54, 1.807) is 0 Å². The summed E-state index contributed by atoms with van der Waals surface area (Å²) < 4.78 is 0. The predicted octanol–water partition coefficient (Wildman–Crippen LogP) is 1.86. The molecule has 0 aliphatic carbocycles. The molecule has 2 atom stereocenters. The minimum Gasteiger partial charge on any atom is -0.481 e. The van der Waals surface area contributed by atoms with Crippen molar-refractivity contribution in [3.63, 3.8) is 0 Å². The Balaban J connectivity index is 4.75. The molecule has 5 heteroatoms. The van der Waals surface area contributed by atoms with E-state index in [0.29, 0.717) is 6.54 Å². The Morgan fingerprint density at radius 3 is 2.16 bits per heavy atom. The summed E-state index contributed by atoms with van der Waals surface area (Å²) in [5.74, 6) is -0.890. The van der Waals surface area contributed by atoms with Crippen molar-refractivity contribution in [2.45, 2.75) is 72.0 Å². The van der Waals surface area contributed by atoms with Gasteiger partial charge in [0.05, 0.1) is 12.5 Å². The van der Waals surface area contributed by atoms with Crippen LogP contribution >= 0.6 is 0 Å². The lowest BCUT2D eigenvalue weighted by Gasteiger charge is -2.39. The highest BCUT2D eigenvalue weighted by Crippen LogP contribution is 2.17. The maximum Gasteiger partial charge on any atom is 0.304 e. The van der Waals surface area contributed by atoms with Crippen LogP contribution in [0.4, 0.5) is 0 Å². The first-order chi connectivity index (χ1) is 8.59. The fourth-order valence-electron chi connectivity index (χ4n) is 1.93. The number of nitrogens with zero attached hydrogens (tertiary/aromatic N) is 1. The van der Waals surface area contributed by atoms with Crippen LogP contribution in [0.1, 0.15) is 54.4 Å². The largest absolute Gasteiger partial charge is 0.481 e. The molecule has 1 amide bonds. The molecule has 19 heavy (non-hydrogen) atoms. The van der Waals surface area contributed by atoms with Crippen molar-refractivity contribution >= 4 is 11.9 Å². The molecule has 0 spiro atoms. The van der Waals surface area contributed by atoms with Gasteiger partial charge in [-0.3, -0.25) is 14.5 Å². The molecule has 0 aliphatic heterocycles. The third-order valence-corrected chi connectivity index (χ3v) is 3.28. The highest BCUT2D eigenvalue weighted by molar-refractivity contribution is 5.81. The second-order valence-corrected chi connectivity index (χ2v) is 6.00. The standard InChI is InChI=1S/C14H28N2O3/c1-7-10(2)15-13(19)11(3)16(14(4,5)6)9-8-12(17)18/h10-11H,7-9H2,1-6H3,(H,15,19)(H,17,18). The molecule has 2 unspecified atom stereocenters. The molecule has 0 heterocycles. The normalized spacial score (nSPS) is 15.1. The lowest BCUT2D eigenvalue weighted by atomic mass is 10.0. The Morgan fingerprint density at radius 2 is 1.79 bits per heavy atom. The molecule has 0 aromatic rings. The van der Waals surface area contributed by atoms with Crippen molar-refractivity contribution in [3.05, 3.63) is 0 Å². The Bertz CT molecular complexity index is 310. The zero-order valence-corrected chi connectivity index (χ0v) is 13.0. The van der Waals surface area contributed by atoms with Crippen LogP contribution in [-0.4, -0.2) is 46.1 Å². The van der Waals surface area contributed by atoms with Crippen LogP contribution in [0.5, 0.6) is 0 Å². The number of carbonyl (C=O) groups excluding carboxylic acids is 1. The van der Waals surface area contributed by atoms with Crippen LogP contribution in [0, 0.1) is 0 Å². The molecule has 0 aromatic carbocycles. The van der Waals surface area contributed by atoms with Gasteiger partial charge < -0.3 is 10.4 Å². The third kappa shape index (κ3) is 6.57. The van der Waals surface area contributed by atoms with Gasteiger partial charge in [0, 0.05) is 18.1 Å². The van der Waals surface area contributed by atoms with Gasteiger partial charge >= 0.3 is 5.97 Å². The first-order valence-corrected chi connectivity index (χ1v) is 6.88. The molecule has 0 saturated heterocycles. The highest BCUT2D eigenvalue weighted by atomic mass is 16.4. The summed E-state index contributed by atoms with van der Waals surface area (Å²) >= 11 is 0. The third-order valence-electron chi connectivity index (χ3n) is 3.28. The van der Waals surface area contributed by atoms with Crippen LogP contribution < -0.4 is 5.32 Å². The molecule has 0 radical (unpaired) electrons. The van der Waals surface area contributed by atoms with Crippen LogP contribution in [0.3, 0.4) is 0 Å². The van der Waals surface area contributed by atoms with Crippen LogP contribution in [0.25, 0.3) is 0 Å². The summed E-state index contributed by atoms with van der Waals surface area (Å²) in [4.78, 5) is 24.8. The summed E-state index contributed by atoms with van der Waals surface area (Å²) in [6.07, 6.45) is 0.918. The van der Waals surface area contributed by atoms with Gasteiger partial charge in [0.1, 0.15) is 0 Å². The average molecular weight is 272 g/mol. The molecule has 0 aromatic heterocycles. The molecule has 2 N–H and O–H groups in total. The Labute approximate surface area is 116 Å². The number of carboxylic acid groups (broad SMARTS) is 1. The van der Waals surface area contributed by atoms with E-state index in [0.717, 1.165) is 6.42 Å². The molecule has 0 rings (SSSR count). The maximum atomic E-state index is 12.1. The van der Waals surface area contributed by atoms with Crippen LogP contribution in [0.2, 0.25) is 0 Å². The lowest BCUT2D eigenvalue weighted by Crippen LogP contribution is -2.54. The first-order valence-electron chi connectivity index (χ1n) is 6.88. The van der Waals surface area contributed by atoms with E-state index >= 15 is 0 Å². The minimum atomic E-state index is -0.844. The van der Waals surface area contributed by atoms with Gasteiger partial charge in [0.15, 0.2) is 0 Å². The second-order valence-electron chi connectivity index (χ2n) is 6.00. The number of hydrogen-bond acceptors (Lipinski definition) is 3. The fraction of sp³-hybridized carbons (Fsp3) is 0.857. The van der Waals surface area contributed by atoms with Gasteiger partial charge in [0.25, 0.3) is 0 Å². The Kier molecular flexibility index (Phi) is 7.05. The molecular formula is C14H28N2O3. The number of aliphatic carboxylic acids is 1. The number of hydrogen-bond donors (Lipinski definition) is 2. The number of amides is 1. The van der Waals surface area contributed by atoms with Crippen LogP contribution in [0.15, 0.2) is 0 Å². The number of carboxylic acids is 1.